The van der Waals surface area contributed by atoms with E-state index in [1.165, 1.54) is 18.2 Å². The summed E-state index contributed by atoms with van der Waals surface area (Å²) in [5.74, 6) is -1.29. The number of benzene rings is 1. The zero-order valence-electron chi connectivity index (χ0n) is 7.75. The molecule has 0 radical (unpaired) electrons. The Labute approximate surface area is 103 Å². The van der Waals surface area contributed by atoms with Gasteiger partial charge in [0.15, 0.2) is 0 Å². The average Bonchev–Trinajstić information content (AvgIpc) is 2.12. The third-order valence-electron chi connectivity index (χ3n) is 1.73. The largest absolute Gasteiger partial charge is 0.478 e. The van der Waals surface area contributed by atoms with Gasteiger partial charge in [-0.1, -0.05) is 12.1 Å². The second-order valence-corrected chi connectivity index (χ2v) is 4.04. The first-order valence-corrected chi connectivity index (χ1v) is 5.17. The summed E-state index contributed by atoms with van der Waals surface area (Å²) in [6.07, 6.45) is -2.87. The van der Waals surface area contributed by atoms with E-state index in [-0.39, 0.29) is 9.13 Å². The van der Waals surface area contributed by atoms with Gasteiger partial charge in [-0.05, 0) is 40.3 Å². The molecule has 0 spiro atoms. The molecule has 6 heteroatoms. The summed E-state index contributed by atoms with van der Waals surface area (Å²) in [4.78, 5) is 10.2. The molecule has 0 bridgehead atoms. The summed E-state index contributed by atoms with van der Waals surface area (Å²) in [5, 5.41) is 8.37. The molecule has 2 nitrogen and oxygen atoms in total. The minimum Gasteiger partial charge on any atom is -0.478 e. The van der Waals surface area contributed by atoms with Crippen LogP contribution in [0.3, 0.4) is 0 Å². The van der Waals surface area contributed by atoms with Crippen molar-refractivity contribution in [1.29, 1.82) is 0 Å². The number of alkyl halides is 3. The molecule has 1 N–H and O–H groups in total. The second-order valence-electron chi connectivity index (χ2n) is 2.87. The van der Waals surface area contributed by atoms with E-state index >= 15 is 0 Å². The fourth-order valence-electron chi connectivity index (χ4n) is 1.14. The summed E-state index contributed by atoms with van der Waals surface area (Å²) < 4.78 is 38.0. The minimum absolute atomic E-state index is 0.0395. The SMILES string of the molecule is O=C(O)/C=C/c1cccc(I)c1C(F)(F)F. The molecular formula is C10H6F3IO2. The van der Waals surface area contributed by atoms with Crippen molar-refractivity contribution in [3.63, 3.8) is 0 Å². The number of carboxylic acids is 1. The van der Waals surface area contributed by atoms with Crippen LogP contribution in [-0.2, 0) is 11.0 Å². The molecule has 86 valence electrons. The molecule has 0 saturated heterocycles. The molecule has 0 heterocycles. The number of carbonyl (C=O) groups is 1. The molecule has 0 aliphatic rings. The maximum atomic E-state index is 12.6. The maximum Gasteiger partial charge on any atom is 0.418 e. The highest BCUT2D eigenvalue weighted by Gasteiger charge is 2.34. The molecule has 0 amide bonds. The van der Waals surface area contributed by atoms with Gasteiger partial charge in [0.1, 0.15) is 0 Å². The molecule has 0 aliphatic carbocycles. The summed E-state index contributed by atoms with van der Waals surface area (Å²) in [7, 11) is 0. The summed E-state index contributed by atoms with van der Waals surface area (Å²) in [6.45, 7) is 0. The van der Waals surface area contributed by atoms with Crippen LogP contribution in [0.2, 0.25) is 0 Å². The predicted molar refractivity (Wildman–Crippen MR) is 60.8 cm³/mol. The normalized spacial score (nSPS) is 12.0. The number of rotatable bonds is 2. The summed E-state index contributed by atoms with van der Waals surface area (Å²) in [6, 6.07) is 3.99. The van der Waals surface area contributed by atoms with Crippen molar-refractivity contribution < 1.29 is 23.1 Å². The maximum absolute atomic E-state index is 12.6. The lowest BCUT2D eigenvalue weighted by Crippen LogP contribution is -2.09. The molecule has 1 aromatic rings. The predicted octanol–water partition coefficient (Wildman–Crippen LogP) is 3.41. The highest BCUT2D eigenvalue weighted by atomic mass is 127. The van der Waals surface area contributed by atoms with Crippen molar-refractivity contribution in [1.82, 2.24) is 0 Å². The van der Waals surface area contributed by atoms with Gasteiger partial charge in [0.25, 0.3) is 0 Å². The molecule has 0 saturated carbocycles. The van der Waals surface area contributed by atoms with Gasteiger partial charge in [-0.2, -0.15) is 13.2 Å². The van der Waals surface area contributed by atoms with E-state index < -0.39 is 17.7 Å². The van der Waals surface area contributed by atoms with E-state index in [2.05, 4.69) is 0 Å². The lowest BCUT2D eigenvalue weighted by atomic mass is 10.1. The molecule has 16 heavy (non-hydrogen) atoms. The fraction of sp³-hybridized carbons (Fsp3) is 0.100. The van der Waals surface area contributed by atoms with Crippen molar-refractivity contribution in [2.24, 2.45) is 0 Å². The van der Waals surface area contributed by atoms with Gasteiger partial charge in [-0.15, -0.1) is 0 Å². The zero-order chi connectivity index (χ0) is 12.3. The third-order valence-corrected chi connectivity index (χ3v) is 2.63. The Morgan fingerprint density at radius 2 is 2.00 bits per heavy atom. The van der Waals surface area contributed by atoms with Crippen LogP contribution in [0.15, 0.2) is 24.3 Å². The van der Waals surface area contributed by atoms with Gasteiger partial charge in [0.2, 0.25) is 0 Å². The van der Waals surface area contributed by atoms with Crippen LogP contribution in [0.4, 0.5) is 13.2 Å². The van der Waals surface area contributed by atoms with Gasteiger partial charge in [-0.25, -0.2) is 4.79 Å². The highest BCUT2D eigenvalue weighted by molar-refractivity contribution is 14.1. The zero-order valence-corrected chi connectivity index (χ0v) is 9.91. The van der Waals surface area contributed by atoms with E-state index in [1.807, 2.05) is 0 Å². The lowest BCUT2D eigenvalue weighted by molar-refractivity contribution is -0.138. The minimum atomic E-state index is -4.49. The Morgan fingerprint density at radius 1 is 1.38 bits per heavy atom. The topological polar surface area (TPSA) is 37.3 Å². The fourth-order valence-corrected chi connectivity index (χ4v) is 1.96. The Morgan fingerprint density at radius 3 is 2.50 bits per heavy atom. The van der Waals surface area contributed by atoms with E-state index in [0.717, 1.165) is 6.08 Å². The van der Waals surface area contributed by atoms with Gasteiger partial charge >= 0.3 is 12.1 Å². The van der Waals surface area contributed by atoms with Crippen LogP contribution >= 0.6 is 22.6 Å². The summed E-state index contributed by atoms with van der Waals surface area (Å²) >= 11 is 1.57. The number of hydrogen-bond acceptors (Lipinski definition) is 1. The molecule has 0 fully saturated rings. The molecule has 0 atom stereocenters. The number of halogens is 4. The standard InChI is InChI=1S/C10H6F3IO2/c11-10(12,13)9-6(4-5-8(15)16)2-1-3-7(9)14/h1-5H,(H,15,16)/b5-4+. The first-order valence-electron chi connectivity index (χ1n) is 4.09. The van der Waals surface area contributed by atoms with Crippen molar-refractivity contribution in [3.8, 4) is 0 Å². The number of carboxylic acid groups (broad SMARTS) is 1. The van der Waals surface area contributed by atoms with Crippen LogP contribution in [0.5, 0.6) is 0 Å². The first kappa shape index (κ1) is 13.0. The average molecular weight is 342 g/mol. The quantitative estimate of drug-likeness (QED) is 0.661. The Balaban J connectivity index is 3.29. The Bertz CT molecular complexity index is 438. The van der Waals surface area contributed by atoms with Crippen molar-refractivity contribution in [2.75, 3.05) is 0 Å². The van der Waals surface area contributed by atoms with Gasteiger partial charge in [0.05, 0.1) is 5.56 Å². The van der Waals surface area contributed by atoms with E-state index in [0.29, 0.717) is 6.08 Å². The van der Waals surface area contributed by atoms with E-state index in [9.17, 15) is 18.0 Å². The van der Waals surface area contributed by atoms with Crippen molar-refractivity contribution >= 4 is 34.6 Å². The smallest absolute Gasteiger partial charge is 0.418 e. The van der Waals surface area contributed by atoms with Gasteiger partial charge in [-0.3, -0.25) is 0 Å². The monoisotopic (exact) mass is 342 g/mol. The van der Waals surface area contributed by atoms with E-state index in [4.69, 9.17) is 5.11 Å². The van der Waals surface area contributed by atoms with Gasteiger partial charge in [0, 0.05) is 9.65 Å². The number of aliphatic carboxylic acids is 1. The molecule has 0 aliphatic heterocycles. The summed E-state index contributed by atoms with van der Waals surface area (Å²) in [5.41, 5.74) is -0.963. The Kier molecular flexibility index (Phi) is 3.95. The first-order chi connectivity index (χ1) is 7.32. The molecule has 1 rings (SSSR count). The molecule has 0 aromatic heterocycles. The molecule has 0 unspecified atom stereocenters. The molecular weight excluding hydrogens is 336 g/mol. The van der Waals surface area contributed by atoms with Crippen LogP contribution in [-0.4, -0.2) is 11.1 Å². The van der Waals surface area contributed by atoms with Crippen LogP contribution in [0.25, 0.3) is 6.08 Å². The van der Waals surface area contributed by atoms with Crippen molar-refractivity contribution in [2.45, 2.75) is 6.18 Å². The third kappa shape index (κ3) is 3.22. The second kappa shape index (κ2) is 4.86. The Hall–Kier alpha value is -1.05. The van der Waals surface area contributed by atoms with Gasteiger partial charge < -0.3 is 5.11 Å². The van der Waals surface area contributed by atoms with Crippen LogP contribution in [0, 0.1) is 3.57 Å². The number of hydrogen-bond donors (Lipinski definition) is 1. The van der Waals surface area contributed by atoms with Crippen LogP contribution in [0.1, 0.15) is 11.1 Å². The van der Waals surface area contributed by atoms with Crippen molar-refractivity contribution in [3.05, 3.63) is 39.0 Å². The molecule has 1 aromatic carbocycles. The van der Waals surface area contributed by atoms with E-state index in [1.54, 1.807) is 22.6 Å². The lowest BCUT2D eigenvalue weighted by Gasteiger charge is -2.12. The highest BCUT2D eigenvalue weighted by Crippen LogP contribution is 2.35. The van der Waals surface area contributed by atoms with Crippen LogP contribution < -0.4 is 0 Å².